The third-order valence-electron chi connectivity index (χ3n) is 29.1. The molecule has 143 heavy (non-hydrogen) atoms. The molecule has 0 aliphatic heterocycles. The van der Waals surface area contributed by atoms with Crippen LogP contribution in [0.25, 0.3) is 309 Å². The molecule has 0 N–H and O–H groups in total. The molecule has 0 atom stereocenters. The number of hydrogen-bond donors (Lipinski definition) is 0. The highest BCUT2D eigenvalue weighted by molar-refractivity contribution is 7.28. The zero-order valence-electron chi connectivity index (χ0n) is 76.0. The molecule has 33 aromatic rings. The maximum atomic E-state index is 6.53. The van der Waals surface area contributed by atoms with E-state index in [2.05, 4.69) is 384 Å². The van der Waals surface area contributed by atoms with E-state index in [9.17, 15) is 0 Å². The Morgan fingerprint density at radius 2 is 0.476 bits per heavy atom. The predicted molar refractivity (Wildman–Crippen MR) is 599 cm³/mol. The van der Waals surface area contributed by atoms with Crippen LogP contribution < -0.4 is 0 Å². The molecule has 0 fully saturated rings. The molecule has 0 radical (unpaired) electrons. The number of para-hydroxylation sites is 6. The summed E-state index contributed by atoms with van der Waals surface area (Å²) in [6.45, 7) is 0. The highest BCUT2D eigenvalue weighted by atomic mass is 32.1. The van der Waals surface area contributed by atoms with Crippen LogP contribution in [0.15, 0.2) is 444 Å². The summed E-state index contributed by atoms with van der Waals surface area (Å²) in [6, 6.07) is 152. The van der Waals surface area contributed by atoms with Gasteiger partial charge in [0.1, 0.15) is 16.7 Å². The molecule has 15 heteroatoms. The zero-order valence-corrected chi connectivity index (χ0v) is 78.4. The lowest BCUT2D eigenvalue weighted by atomic mass is 9.99. The van der Waals surface area contributed by atoms with Crippen molar-refractivity contribution in [2.24, 2.45) is 0 Å². The molecule has 0 bridgehead atoms. The Morgan fingerprint density at radius 1 is 0.182 bits per heavy atom. The van der Waals surface area contributed by atoms with E-state index in [1.165, 1.54) is 147 Å². The molecule has 12 nitrogen and oxygen atoms in total. The van der Waals surface area contributed by atoms with E-state index in [0.717, 1.165) is 127 Å². The van der Waals surface area contributed by atoms with Gasteiger partial charge in [-0.3, -0.25) is 13.7 Å². The van der Waals surface area contributed by atoms with Crippen LogP contribution in [0.3, 0.4) is 0 Å². The van der Waals surface area contributed by atoms with Crippen LogP contribution in [0.5, 0.6) is 0 Å². The number of nitrogens with zero attached hydrogens (tertiary/aromatic N) is 9. The molecule has 0 saturated carbocycles. The Labute approximate surface area is 824 Å². The number of aromatic nitrogens is 9. The van der Waals surface area contributed by atoms with Crippen molar-refractivity contribution in [3.63, 3.8) is 0 Å². The average molecular weight is 1880 g/mol. The van der Waals surface area contributed by atoms with Gasteiger partial charge in [0.15, 0.2) is 0 Å². The Balaban J connectivity index is 0.0000000981. The third-order valence-corrected chi connectivity index (χ3v) is 32.6. The van der Waals surface area contributed by atoms with E-state index in [1.54, 1.807) is 0 Å². The molecule has 0 spiro atoms. The van der Waals surface area contributed by atoms with Gasteiger partial charge in [0.2, 0.25) is 35.0 Å². The number of fused-ring (bicyclic) bond motifs is 41. The van der Waals surface area contributed by atoms with Crippen molar-refractivity contribution in [2.45, 2.75) is 0 Å². The van der Waals surface area contributed by atoms with Gasteiger partial charge in [0, 0.05) is 112 Å². The second-order valence-corrected chi connectivity index (χ2v) is 39.9. The molecule has 12 aromatic heterocycles. The Bertz CT molecular complexity index is 11300. The summed E-state index contributed by atoms with van der Waals surface area (Å²) < 4.78 is 33.9. The minimum absolute atomic E-state index is 0.577. The zero-order chi connectivity index (χ0) is 93.3. The molecule has 0 aliphatic rings. The monoisotopic (exact) mass is 1880 g/mol. The topological polar surface area (TPSA) is 132 Å². The third kappa shape index (κ3) is 11.9. The van der Waals surface area contributed by atoms with E-state index in [-0.39, 0.29) is 0 Å². The minimum Gasteiger partial charge on any atom is -0.437 e. The Kier molecular flexibility index (Phi) is 17.3. The summed E-state index contributed by atoms with van der Waals surface area (Å²) in [7, 11) is 0. The fourth-order valence-corrected chi connectivity index (χ4v) is 26.7. The van der Waals surface area contributed by atoms with Gasteiger partial charge in [0.25, 0.3) is 0 Å². The molecular formula is C128H71N9O3S3. The van der Waals surface area contributed by atoms with Crippen LogP contribution in [0.1, 0.15) is 0 Å². The quantitative estimate of drug-likeness (QED) is 0.153. The number of hydrogen-bond acceptors (Lipinski definition) is 12. The standard InChI is InChI=1S/C44H25N3OS.2C42H23N3OS/c1-2-12-26(13-3-1)27-22-24-28(25-23-27)40-39-32-17-7-10-20-35(32)48-43(39)46-44(45-40)47-34-19-9-6-16-31(34)37-29-14-4-5-15-30(29)38-33-18-8-11-21-36(33)49-42(38)41(37)47;1-2-14-25-24(12-1)13-11-20-28(25)38-37-30-18-6-9-22-33(30)46-41(37)44-42(43-38)45-32-21-8-5-17-29(32)35-26-15-3-4-16-27(26)36-31-19-7-10-23-34(31)47-40(36)39(35)45;1-2-12-25-23-26(22-21-24(25)11-1)38-37-30-16-6-9-19-33(30)46-41(37)44-42(43-38)45-32-18-8-5-15-29(32)35-27-13-3-4-14-28(27)36-31-17-7-10-20-34(31)47-40(36)39(35)45/h1-25H;2*1-23H. The van der Waals surface area contributed by atoms with E-state index >= 15 is 0 Å². The highest BCUT2D eigenvalue weighted by Gasteiger charge is 2.32. The molecule has 21 aromatic carbocycles. The largest absolute Gasteiger partial charge is 0.437 e. The van der Waals surface area contributed by atoms with Gasteiger partial charge in [-0.2, -0.15) is 15.0 Å². The average Bonchev–Trinajstić information content (AvgIpc) is 1.54. The summed E-state index contributed by atoms with van der Waals surface area (Å²) in [6.07, 6.45) is 0. The van der Waals surface area contributed by atoms with E-state index in [1.807, 2.05) is 94.7 Å². The van der Waals surface area contributed by atoms with Crippen molar-refractivity contribution in [1.29, 1.82) is 0 Å². The SMILES string of the molecule is c1ccc(-c2ccc(-c3nc(-n4c5ccccc5c5c6ccccc6c6c7ccccc7sc6c54)nc4oc5ccccc5c34)cc2)cc1.c1ccc2c(-c3nc(-n4c5ccccc5c5c6ccccc6c6c7ccccc7sc6c54)nc4oc5ccccc5c34)cccc2c1.c1ccc2cc(-c3nc(-n4c5ccccc5c5c6ccccc6c6c7ccccc7sc6c54)nc4oc5ccccc5c34)ccc2c1. The van der Waals surface area contributed by atoms with Crippen LogP contribution in [0, 0.1) is 0 Å². The number of furan rings is 3. The second-order valence-electron chi connectivity index (χ2n) is 36.8. The van der Waals surface area contributed by atoms with Crippen molar-refractivity contribution in [3.05, 3.63) is 431 Å². The lowest BCUT2D eigenvalue weighted by molar-refractivity contribution is 0.651. The summed E-state index contributed by atoms with van der Waals surface area (Å²) >= 11 is 5.52. The lowest BCUT2D eigenvalue weighted by Crippen LogP contribution is -2.03. The summed E-state index contributed by atoms with van der Waals surface area (Å²) in [4.78, 5) is 32.2. The summed E-state index contributed by atoms with van der Waals surface area (Å²) in [5.41, 5.74) is 18.7. The molecule has 664 valence electrons. The van der Waals surface area contributed by atoms with Crippen LogP contribution in [0.2, 0.25) is 0 Å². The lowest BCUT2D eigenvalue weighted by Gasteiger charge is -2.12. The maximum Gasteiger partial charge on any atom is 0.238 e. The highest BCUT2D eigenvalue weighted by Crippen LogP contribution is 2.54. The molecular weight excluding hydrogens is 1810 g/mol. The Morgan fingerprint density at radius 3 is 0.902 bits per heavy atom. The van der Waals surface area contributed by atoms with Gasteiger partial charge in [-0.1, -0.05) is 370 Å². The Hall–Kier alpha value is -18.4. The van der Waals surface area contributed by atoms with Gasteiger partial charge in [-0.05, 0) is 126 Å². The molecule has 0 amide bonds. The van der Waals surface area contributed by atoms with Crippen molar-refractivity contribution in [3.8, 4) is 62.7 Å². The maximum absolute atomic E-state index is 6.53. The van der Waals surface area contributed by atoms with Gasteiger partial charge >= 0.3 is 0 Å². The van der Waals surface area contributed by atoms with E-state index in [0.29, 0.717) is 35.0 Å². The van der Waals surface area contributed by atoms with Gasteiger partial charge < -0.3 is 13.3 Å². The van der Waals surface area contributed by atoms with E-state index in [4.69, 9.17) is 43.2 Å². The van der Waals surface area contributed by atoms with Crippen molar-refractivity contribution in [1.82, 2.24) is 43.6 Å². The number of rotatable bonds is 7. The van der Waals surface area contributed by atoms with Crippen molar-refractivity contribution in [2.75, 3.05) is 0 Å². The fourth-order valence-electron chi connectivity index (χ4n) is 23.0. The van der Waals surface area contributed by atoms with Gasteiger partial charge in [-0.15, -0.1) is 34.0 Å². The molecule has 33 rings (SSSR count). The first-order chi connectivity index (χ1) is 71.0. The van der Waals surface area contributed by atoms with Crippen LogP contribution in [-0.2, 0) is 0 Å². The molecule has 0 aliphatic carbocycles. The molecule has 0 saturated heterocycles. The first-order valence-electron chi connectivity index (χ1n) is 47.9. The smallest absolute Gasteiger partial charge is 0.238 e. The van der Waals surface area contributed by atoms with E-state index < -0.39 is 0 Å². The second kappa shape index (κ2) is 31.1. The summed E-state index contributed by atoms with van der Waals surface area (Å²) in [5, 5.41) is 32.8. The van der Waals surface area contributed by atoms with Crippen LogP contribution >= 0.6 is 34.0 Å². The predicted octanol–water partition coefficient (Wildman–Crippen LogP) is 36.0. The molecule has 0 unspecified atom stereocenters. The molecule has 12 heterocycles. The first kappa shape index (κ1) is 79.7. The fraction of sp³-hybridized carbons (Fsp3) is 0. The normalized spacial score (nSPS) is 12.2. The van der Waals surface area contributed by atoms with Crippen molar-refractivity contribution >= 4 is 280 Å². The number of benzene rings is 21. The summed E-state index contributed by atoms with van der Waals surface area (Å²) in [5.74, 6) is 1.79. The van der Waals surface area contributed by atoms with Crippen molar-refractivity contribution < 1.29 is 13.3 Å². The van der Waals surface area contributed by atoms with Crippen LogP contribution in [-0.4, -0.2) is 43.6 Å². The first-order valence-corrected chi connectivity index (χ1v) is 50.4. The minimum atomic E-state index is 0.577. The number of thiophene rings is 3. The van der Waals surface area contributed by atoms with Gasteiger partial charge in [0.05, 0.1) is 80.4 Å². The van der Waals surface area contributed by atoms with Crippen LogP contribution in [0.4, 0.5) is 0 Å². The van der Waals surface area contributed by atoms with Gasteiger partial charge in [-0.25, -0.2) is 15.0 Å².